The van der Waals surface area contributed by atoms with Gasteiger partial charge in [-0.05, 0) is 81.4 Å². The van der Waals surface area contributed by atoms with Gasteiger partial charge in [-0.25, -0.2) is 0 Å². The lowest BCUT2D eigenvalue weighted by atomic mass is 9.79. The molecule has 2 unspecified atom stereocenters. The van der Waals surface area contributed by atoms with E-state index in [4.69, 9.17) is 0 Å². The quantitative estimate of drug-likeness (QED) is 0.186. The lowest BCUT2D eigenvalue weighted by Gasteiger charge is -2.26. The number of hydrogen-bond acceptors (Lipinski definition) is 1. The number of fused-ring (bicyclic) bond motifs is 11. The molecule has 1 aliphatic heterocycles. The summed E-state index contributed by atoms with van der Waals surface area (Å²) in [4.78, 5) is 2.83. The van der Waals surface area contributed by atoms with E-state index in [-0.39, 0.29) is 5.92 Å². The second-order valence-corrected chi connectivity index (χ2v) is 14.4. The Balaban J connectivity index is 1.19. The standard InChI is InChI=1S/C46H30N2S/c1-2-14-31(15-3-1)47-40-25-24-29-12-4-5-17-33(29)45(40)38-27-37-35-18-6-8-21-39(35)48(41(37)28-42(38)47)32-16-10-13-30(26-32)34-20-11-23-44-46(34)36-19-7-9-22-43(36)49-44/h1-28,34,46H. The third-order valence-electron chi connectivity index (χ3n) is 10.7. The first-order valence-electron chi connectivity index (χ1n) is 17.0. The zero-order valence-corrected chi connectivity index (χ0v) is 27.4. The van der Waals surface area contributed by atoms with Crippen molar-refractivity contribution in [2.24, 2.45) is 0 Å². The summed E-state index contributed by atoms with van der Waals surface area (Å²) in [7, 11) is 0. The number of hydrogen-bond donors (Lipinski definition) is 0. The lowest BCUT2D eigenvalue weighted by molar-refractivity contribution is 0.719. The minimum atomic E-state index is 0.282. The van der Waals surface area contributed by atoms with E-state index < -0.39 is 0 Å². The van der Waals surface area contributed by atoms with Crippen molar-refractivity contribution in [3.8, 4) is 11.4 Å². The molecule has 2 aliphatic rings. The van der Waals surface area contributed by atoms with Gasteiger partial charge in [0.1, 0.15) is 0 Å². The van der Waals surface area contributed by atoms with Gasteiger partial charge in [-0.15, -0.1) is 0 Å². The molecule has 0 saturated heterocycles. The Kier molecular flexibility index (Phi) is 5.75. The Morgan fingerprint density at radius 3 is 2.18 bits per heavy atom. The average Bonchev–Trinajstić information content (AvgIpc) is 3.81. The summed E-state index contributed by atoms with van der Waals surface area (Å²) in [5, 5.41) is 7.69. The fraction of sp³-hybridized carbons (Fsp3) is 0.0435. The van der Waals surface area contributed by atoms with Crippen LogP contribution in [-0.4, -0.2) is 9.13 Å². The highest BCUT2D eigenvalue weighted by atomic mass is 32.2. The first-order valence-corrected chi connectivity index (χ1v) is 17.8. The van der Waals surface area contributed by atoms with E-state index in [1.807, 2.05) is 11.8 Å². The molecule has 0 amide bonds. The molecule has 1 aliphatic carbocycles. The van der Waals surface area contributed by atoms with E-state index in [2.05, 4.69) is 179 Å². The van der Waals surface area contributed by atoms with Gasteiger partial charge in [-0.1, -0.05) is 127 Å². The molecule has 2 atom stereocenters. The SMILES string of the molecule is C1=CC(c2cccc(-n3c4ccccc4c4cc5c6c7ccccc7ccc6n(-c6ccccc6)c5cc43)c2)C2C(=C1)Sc1ccccc12. The van der Waals surface area contributed by atoms with Crippen molar-refractivity contribution in [3.63, 3.8) is 0 Å². The molecule has 3 heteroatoms. The predicted octanol–water partition coefficient (Wildman–Crippen LogP) is 12.5. The van der Waals surface area contributed by atoms with Crippen LogP contribution in [0.1, 0.15) is 23.0 Å². The van der Waals surface area contributed by atoms with Gasteiger partial charge in [-0.3, -0.25) is 0 Å². The van der Waals surface area contributed by atoms with E-state index in [1.165, 1.54) is 86.7 Å². The van der Waals surface area contributed by atoms with Crippen molar-refractivity contribution >= 4 is 66.1 Å². The third kappa shape index (κ3) is 3.91. The Morgan fingerprint density at radius 2 is 1.24 bits per heavy atom. The largest absolute Gasteiger partial charge is 0.309 e. The van der Waals surface area contributed by atoms with Crippen molar-refractivity contribution in [1.29, 1.82) is 0 Å². The topological polar surface area (TPSA) is 9.86 Å². The second kappa shape index (κ2) is 10.4. The van der Waals surface area contributed by atoms with Crippen molar-refractivity contribution in [2.45, 2.75) is 16.7 Å². The monoisotopic (exact) mass is 642 g/mol. The number of allylic oxidation sites excluding steroid dienone is 4. The summed E-state index contributed by atoms with van der Waals surface area (Å²) >= 11 is 1.93. The molecule has 0 saturated carbocycles. The van der Waals surface area contributed by atoms with Crippen LogP contribution in [0.2, 0.25) is 0 Å². The maximum atomic E-state index is 2.49. The van der Waals surface area contributed by atoms with Crippen molar-refractivity contribution in [3.05, 3.63) is 186 Å². The fourth-order valence-electron chi connectivity index (χ4n) is 8.62. The van der Waals surface area contributed by atoms with E-state index in [1.54, 1.807) is 0 Å². The highest BCUT2D eigenvalue weighted by Crippen LogP contribution is 2.56. The third-order valence-corrected chi connectivity index (χ3v) is 11.9. The van der Waals surface area contributed by atoms with Gasteiger partial charge in [0, 0.05) is 49.7 Å². The first kappa shape index (κ1) is 27.2. The fourth-order valence-corrected chi connectivity index (χ4v) is 9.88. The van der Waals surface area contributed by atoms with E-state index in [0.29, 0.717) is 5.92 Å². The van der Waals surface area contributed by atoms with Gasteiger partial charge in [0.2, 0.25) is 0 Å². The molecule has 3 heterocycles. The van der Waals surface area contributed by atoms with Crippen LogP contribution in [0, 0.1) is 0 Å². The van der Waals surface area contributed by atoms with Gasteiger partial charge in [0.15, 0.2) is 0 Å². The molecule has 0 N–H and O–H groups in total. The van der Waals surface area contributed by atoms with E-state index in [0.717, 1.165) is 0 Å². The summed E-state index contributed by atoms with van der Waals surface area (Å²) in [6.45, 7) is 0. The van der Waals surface area contributed by atoms with Crippen LogP contribution in [-0.2, 0) is 0 Å². The van der Waals surface area contributed by atoms with Crippen LogP contribution >= 0.6 is 11.8 Å². The van der Waals surface area contributed by atoms with Gasteiger partial charge in [0.25, 0.3) is 0 Å². The van der Waals surface area contributed by atoms with Crippen LogP contribution in [0.25, 0.3) is 65.8 Å². The molecular weight excluding hydrogens is 613 g/mol. The summed E-state index contributed by atoms with van der Waals surface area (Å²) in [5.41, 5.74) is 10.0. The zero-order valence-electron chi connectivity index (χ0n) is 26.6. The average molecular weight is 643 g/mol. The summed E-state index contributed by atoms with van der Waals surface area (Å²) in [5.74, 6) is 0.639. The van der Waals surface area contributed by atoms with Crippen molar-refractivity contribution in [1.82, 2.24) is 9.13 Å². The van der Waals surface area contributed by atoms with Gasteiger partial charge in [-0.2, -0.15) is 0 Å². The van der Waals surface area contributed by atoms with Crippen LogP contribution in [0.3, 0.4) is 0 Å². The van der Waals surface area contributed by atoms with Crippen molar-refractivity contribution < 1.29 is 0 Å². The summed E-state index contributed by atoms with van der Waals surface area (Å²) in [6, 6.07) is 56.1. The maximum Gasteiger partial charge on any atom is 0.0562 e. The van der Waals surface area contributed by atoms with Gasteiger partial charge < -0.3 is 9.13 Å². The minimum Gasteiger partial charge on any atom is -0.309 e. The van der Waals surface area contributed by atoms with E-state index in [9.17, 15) is 0 Å². The van der Waals surface area contributed by atoms with Crippen LogP contribution in [0.5, 0.6) is 0 Å². The highest BCUT2D eigenvalue weighted by Gasteiger charge is 2.35. The Labute approximate surface area is 288 Å². The second-order valence-electron chi connectivity index (χ2n) is 13.3. The first-order chi connectivity index (χ1) is 24.3. The minimum absolute atomic E-state index is 0.282. The van der Waals surface area contributed by atoms with Crippen LogP contribution in [0.4, 0.5) is 0 Å². The number of benzene rings is 7. The summed E-state index contributed by atoms with van der Waals surface area (Å²) < 4.78 is 4.93. The highest BCUT2D eigenvalue weighted by molar-refractivity contribution is 8.03. The molecule has 230 valence electrons. The molecule has 0 spiro atoms. The van der Waals surface area contributed by atoms with Crippen molar-refractivity contribution in [2.75, 3.05) is 0 Å². The zero-order chi connectivity index (χ0) is 32.1. The van der Waals surface area contributed by atoms with Crippen LogP contribution < -0.4 is 0 Å². The molecule has 11 rings (SSSR count). The Hall–Kier alpha value is -5.77. The number of thioether (sulfide) groups is 1. The lowest BCUT2D eigenvalue weighted by Crippen LogP contribution is -2.11. The molecule has 7 aromatic carbocycles. The molecular formula is C46H30N2S. The molecule has 0 radical (unpaired) electrons. The Morgan fingerprint density at radius 1 is 0.490 bits per heavy atom. The Bertz CT molecular complexity index is 2870. The molecule has 49 heavy (non-hydrogen) atoms. The number of para-hydroxylation sites is 2. The molecule has 2 nitrogen and oxygen atoms in total. The van der Waals surface area contributed by atoms with Gasteiger partial charge in [0.05, 0.1) is 22.1 Å². The van der Waals surface area contributed by atoms with E-state index >= 15 is 0 Å². The normalized spacial score (nSPS) is 16.9. The molecule has 0 fully saturated rings. The smallest absolute Gasteiger partial charge is 0.0562 e. The van der Waals surface area contributed by atoms with Gasteiger partial charge >= 0.3 is 0 Å². The number of nitrogens with zero attached hydrogens (tertiary/aromatic N) is 2. The summed E-state index contributed by atoms with van der Waals surface area (Å²) in [6.07, 6.45) is 6.96. The predicted molar refractivity (Wildman–Crippen MR) is 208 cm³/mol. The number of rotatable bonds is 3. The molecule has 0 bridgehead atoms. The molecule has 2 aromatic heterocycles. The molecule has 9 aromatic rings. The maximum absolute atomic E-state index is 2.49. The number of aromatic nitrogens is 2. The van der Waals surface area contributed by atoms with Crippen LogP contribution in [0.15, 0.2) is 180 Å².